The summed E-state index contributed by atoms with van der Waals surface area (Å²) in [6.45, 7) is 1.62. The highest BCUT2D eigenvalue weighted by Gasteiger charge is 2.40. The van der Waals surface area contributed by atoms with Gasteiger partial charge in [-0.25, -0.2) is 0 Å². The smallest absolute Gasteiger partial charge is 0.299 e. The normalized spacial score (nSPS) is 29.4. The highest BCUT2D eigenvalue weighted by atomic mass is 32.1. The molecule has 0 aromatic heterocycles. The van der Waals surface area contributed by atoms with Gasteiger partial charge >= 0.3 is 0 Å². The van der Waals surface area contributed by atoms with Gasteiger partial charge in [0.05, 0.1) is 0 Å². The molecule has 3 heteroatoms. The molecule has 0 spiro atoms. The van der Waals surface area contributed by atoms with E-state index in [4.69, 9.17) is 4.65 Å². The van der Waals surface area contributed by atoms with Gasteiger partial charge in [0.25, 0.3) is 6.92 Å². The summed E-state index contributed by atoms with van der Waals surface area (Å²) in [4.78, 5) is 0. The third-order valence-corrected chi connectivity index (χ3v) is 4.66. The fraction of sp³-hybridized carbons (Fsp3) is 1.00. The molecule has 2 heterocycles. The third kappa shape index (κ3) is 3.43. The fourth-order valence-electron chi connectivity index (χ4n) is 3.50. The summed E-state index contributed by atoms with van der Waals surface area (Å²) in [5, 5.41) is 0. The lowest BCUT2D eigenvalue weighted by Crippen LogP contribution is -2.37. The first kappa shape index (κ1) is 12.8. The van der Waals surface area contributed by atoms with Crippen LogP contribution < -0.4 is 0 Å². The van der Waals surface area contributed by atoms with Gasteiger partial charge in [-0.3, -0.25) is 0 Å². The van der Waals surface area contributed by atoms with Crippen molar-refractivity contribution in [1.29, 1.82) is 0 Å². The zero-order valence-electron chi connectivity index (χ0n) is 10.4. The quantitative estimate of drug-likeness (QED) is 0.416. The summed E-state index contributed by atoms with van der Waals surface area (Å²) in [7, 11) is 0. The van der Waals surface area contributed by atoms with Crippen molar-refractivity contribution < 1.29 is 4.65 Å². The number of thiol groups is 1. The van der Waals surface area contributed by atoms with E-state index in [0.717, 1.165) is 24.0 Å². The minimum absolute atomic E-state index is 0.624. The van der Waals surface area contributed by atoms with E-state index in [2.05, 4.69) is 12.6 Å². The van der Waals surface area contributed by atoms with Crippen molar-refractivity contribution in [2.24, 2.45) is 0 Å². The van der Waals surface area contributed by atoms with Crippen LogP contribution in [0.2, 0.25) is 11.6 Å². The van der Waals surface area contributed by atoms with Crippen LogP contribution in [0.25, 0.3) is 0 Å². The zero-order chi connectivity index (χ0) is 11.2. The Morgan fingerprint density at radius 1 is 0.938 bits per heavy atom. The molecule has 0 aliphatic carbocycles. The molecule has 0 N–H and O–H groups in total. The Morgan fingerprint density at radius 2 is 1.56 bits per heavy atom. The van der Waals surface area contributed by atoms with Crippen molar-refractivity contribution in [2.45, 2.75) is 69.4 Å². The standard InChI is InChI=1S/C13H25BOS/c16-11-3-1-2-10-15-14-12-6-4-7-13(14)9-5-8-12/h12-13,16H,1-11H2. The van der Waals surface area contributed by atoms with Crippen molar-refractivity contribution in [3.8, 4) is 0 Å². The number of hydrogen-bond donors (Lipinski definition) is 1. The van der Waals surface area contributed by atoms with Crippen LogP contribution in [0, 0.1) is 0 Å². The van der Waals surface area contributed by atoms with Gasteiger partial charge in [0.1, 0.15) is 0 Å². The Hall–Kier alpha value is 0.375. The summed E-state index contributed by atoms with van der Waals surface area (Å²) in [5.74, 6) is 2.82. The van der Waals surface area contributed by atoms with E-state index in [1.165, 1.54) is 57.8 Å². The molecule has 0 aromatic carbocycles. The number of hydrogen-bond acceptors (Lipinski definition) is 2. The van der Waals surface area contributed by atoms with Crippen LogP contribution in [0.3, 0.4) is 0 Å². The minimum Gasteiger partial charge on any atom is -0.435 e. The molecule has 0 radical (unpaired) electrons. The maximum absolute atomic E-state index is 6.17. The molecular formula is C13H25BOS. The molecule has 2 aliphatic heterocycles. The van der Waals surface area contributed by atoms with Gasteiger partial charge in [-0.2, -0.15) is 12.6 Å². The number of rotatable bonds is 6. The average molecular weight is 240 g/mol. The molecule has 0 saturated carbocycles. The molecule has 0 unspecified atom stereocenters. The monoisotopic (exact) mass is 240 g/mol. The van der Waals surface area contributed by atoms with Crippen molar-refractivity contribution in [3.05, 3.63) is 0 Å². The van der Waals surface area contributed by atoms with Crippen LogP contribution in [-0.4, -0.2) is 19.3 Å². The van der Waals surface area contributed by atoms with Crippen LogP contribution in [0.4, 0.5) is 0 Å². The molecular weight excluding hydrogens is 215 g/mol. The highest BCUT2D eigenvalue weighted by molar-refractivity contribution is 7.80. The Labute approximate surface area is 106 Å². The van der Waals surface area contributed by atoms with E-state index in [1.54, 1.807) is 0 Å². The highest BCUT2D eigenvalue weighted by Crippen LogP contribution is 2.46. The number of unbranched alkanes of at least 4 members (excludes halogenated alkanes) is 2. The predicted octanol–water partition coefficient (Wildman–Crippen LogP) is 4.20. The summed E-state index contributed by atoms with van der Waals surface area (Å²) >= 11 is 4.24. The largest absolute Gasteiger partial charge is 0.435 e. The van der Waals surface area contributed by atoms with Crippen LogP contribution in [0.5, 0.6) is 0 Å². The van der Waals surface area contributed by atoms with Crippen LogP contribution in [0.15, 0.2) is 0 Å². The van der Waals surface area contributed by atoms with Crippen LogP contribution in [-0.2, 0) is 4.65 Å². The lowest BCUT2D eigenvalue weighted by Gasteiger charge is -2.39. The first-order valence-corrected chi connectivity index (χ1v) is 7.77. The molecule has 2 saturated heterocycles. The van der Waals surface area contributed by atoms with Gasteiger partial charge in [-0.15, -0.1) is 0 Å². The van der Waals surface area contributed by atoms with E-state index < -0.39 is 0 Å². The predicted molar refractivity (Wildman–Crippen MR) is 74.6 cm³/mol. The Balaban J connectivity index is 1.67. The van der Waals surface area contributed by atoms with Gasteiger partial charge in [0.15, 0.2) is 0 Å². The third-order valence-electron chi connectivity index (χ3n) is 4.34. The minimum atomic E-state index is 0.624. The molecule has 0 atom stereocenters. The molecule has 1 nitrogen and oxygen atoms in total. The Morgan fingerprint density at radius 3 is 2.12 bits per heavy atom. The average Bonchev–Trinajstić information content (AvgIpc) is 2.28. The topological polar surface area (TPSA) is 9.23 Å². The second-order valence-corrected chi connectivity index (χ2v) is 5.95. The summed E-state index contributed by atoms with van der Waals surface area (Å²) in [5.41, 5.74) is 0. The maximum Gasteiger partial charge on any atom is 0.299 e. The van der Waals surface area contributed by atoms with E-state index >= 15 is 0 Å². The fourth-order valence-corrected chi connectivity index (χ4v) is 3.72. The van der Waals surface area contributed by atoms with Crippen molar-refractivity contribution in [3.63, 3.8) is 0 Å². The van der Waals surface area contributed by atoms with Gasteiger partial charge in [-0.05, 0) is 30.2 Å². The molecule has 16 heavy (non-hydrogen) atoms. The molecule has 92 valence electrons. The van der Waals surface area contributed by atoms with Gasteiger partial charge in [-0.1, -0.05) is 44.9 Å². The molecule has 2 fully saturated rings. The van der Waals surface area contributed by atoms with Crippen molar-refractivity contribution in [2.75, 3.05) is 12.4 Å². The van der Waals surface area contributed by atoms with Crippen molar-refractivity contribution >= 4 is 19.5 Å². The Kier molecular flexibility index (Phi) is 5.57. The van der Waals surface area contributed by atoms with Gasteiger partial charge in [0, 0.05) is 6.61 Å². The van der Waals surface area contributed by atoms with E-state index in [9.17, 15) is 0 Å². The molecule has 0 amide bonds. The van der Waals surface area contributed by atoms with E-state index in [-0.39, 0.29) is 0 Å². The van der Waals surface area contributed by atoms with Crippen LogP contribution in [0.1, 0.15) is 57.8 Å². The summed E-state index contributed by atoms with van der Waals surface area (Å²) in [6, 6.07) is 0. The summed E-state index contributed by atoms with van der Waals surface area (Å²) < 4.78 is 6.17. The van der Waals surface area contributed by atoms with E-state index in [0.29, 0.717) is 6.92 Å². The maximum atomic E-state index is 6.17. The summed E-state index contributed by atoms with van der Waals surface area (Å²) in [6.07, 6.45) is 12.4. The zero-order valence-corrected chi connectivity index (χ0v) is 11.3. The van der Waals surface area contributed by atoms with Gasteiger partial charge in [0.2, 0.25) is 0 Å². The molecule has 2 rings (SSSR count). The SMILES string of the molecule is SCCCCCOB1C2CCCC1CCC2. The Bertz CT molecular complexity index is 178. The molecule has 2 bridgehead atoms. The lowest BCUT2D eigenvalue weighted by atomic mass is 9.38. The van der Waals surface area contributed by atoms with Crippen LogP contribution >= 0.6 is 12.6 Å². The van der Waals surface area contributed by atoms with Gasteiger partial charge < -0.3 is 4.65 Å². The first-order chi connectivity index (χ1) is 7.92. The second-order valence-electron chi connectivity index (χ2n) is 5.50. The number of fused-ring (bicyclic) bond motifs is 2. The lowest BCUT2D eigenvalue weighted by molar-refractivity contribution is 0.261. The molecule has 0 aromatic rings. The first-order valence-electron chi connectivity index (χ1n) is 7.14. The molecule has 2 aliphatic rings. The second kappa shape index (κ2) is 6.95. The van der Waals surface area contributed by atoms with E-state index in [1.807, 2.05) is 0 Å². The van der Waals surface area contributed by atoms with Crippen molar-refractivity contribution in [1.82, 2.24) is 0 Å².